The van der Waals surface area contributed by atoms with Crippen molar-refractivity contribution >= 4 is 23.3 Å². The zero-order chi connectivity index (χ0) is 18.8. The number of ketones is 1. The first-order valence-corrected chi connectivity index (χ1v) is 9.34. The lowest BCUT2D eigenvalue weighted by Gasteiger charge is -2.19. The number of rotatable bonds is 5. The van der Waals surface area contributed by atoms with Crippen LogP contribution in [0, 0.1) is 11.8 Å². The minimum Gasteiger partial charge on any atom is -0.485 e. The molecule has 2 aromatic rings. The molecule has 0 aromatic heterocycles. The fourth-order valence-electron chi connectivity index (χ4n) is 3.96. The summed E-state index contributed by atoms with van der Waals surface area (Å²) in [4.78, 5) is 38.7. The fraction of sp³-hybridized carbons (Fsp3) is 0.318. The monoisotopic (exact) mass is 363 g/mol. The molecule has 2 unspecified atom stereocenters. The average Bonchev–Trinajstić information content (AvgIpc) is 2.98. The van der Waals surface area contributed by atoms with Crippen LogP contribution in [0.1, 0.15) is 36.0 Å². The number of benzene rings is 2. The normalized spacial score (nSPS) is 21.9. The van der Waals surface area contributed by atoms with Gasteiger partial charge in [0.05, 0.1) is 17.5 Å². The molecule has 1 aliphatic heterocycles. The van der Waals surface area contributed by atoms with Crippen LogP contribution >= 0.6 is 0 Å². The molecule has 1 saturated carbocycles. The van der Waals surface area contributed by atoms with E-state index in [0.717, 1.165) is 25.7 Å². The summed E-state index contributed by atoms with van der Waals surface area (Å²) in [5, 5.41) is 0. The van der Waals surface area contributed by atoms with Gasteiger partial charge in [-0.25, -0.2) is 0 Å². The van der Waals surface area contributed by atoms with E-state index in [-0.39, 0.29) is 36.0 Å². The first-order chi connectivity index (χ1) is 13.1. The predicted octanol–water partition coefficient (Wildman–Crippen LogP) is 3.63. The third-order valence-electron chi connectivity index (χ3n) is 5.40. The summed E-state index contributed by atoms with van der Waals surface area (Å²) >= 11 is 0. The summed E-state index contributed by atoms with van der Waals surface area (Å²) in [5.74, 6) is -0.0696. The minimum atomic E-state index is -0.161. The van der Waals surface area contributed by atoms with Gasteiger partial charge in [0, 0.05) is 5.56 Å². The smallest absolute Gasteiger partial charge is 0.237 e. The van der Waals surface area contributed by atoms with E-state index in [9.17, 15) is 14.4 Å². The van der Waals surface area contributed by atoms with Gasteiger partial charge in [0.1, 0.15) is 5.75 Å². The summed E-state index contributed by atoms with van der Waals surface area (Å²) in [6.07, 6.45) is 3.62. The van der Waals surface area contributed by atoms with E-state index in [1.807, 2.05) is 18.2 Å². The van der Waals surface area contributed by atoms with Gasteiger partial charge in [0.25, 0.3) is 0 Å². The van der Waals surface area contributed by atoms with E-state index >= 15 is 0 Å². The van der Waals surface area contributed by atoms with Gasteiger partial charge < -0.3 is 4.74 Å². The van der Waals surface area contributed by atoms with E-state index in [1.54, 1.807) is 36.4 Å². The van der Waals surface area contributed by atoms with Crippen molar-refractivity contribution in [2.24, 2.45) is 11.8 Å². The first-order valence-electron chi connectivity index (χ1n) is 9.34. The van der Waals surface area contributed by atoms with Crippen LogP contribution in [0.2, 0.25) is 0 Å². The second-order valence-corrected chi connectivity index (χ2v) is 7.08. The molecular formula is C22H21NO4. The molecule has 1 aliphatic carbocycles. The molecule has 2 atom stereocenters. The number of anilines is 1. The van der Waals surface area contributed by atoms with E-state index in [0.29, 0.717) is 17.0 Å². The molecule has 0 N–H and O–H groups in total. The number of imide groups is 1. The summed E-state index contributed by atoms with van der Waals surface area (Å²) in [7, 11) is 0. The third kappa shape index (κ3) is 3.37. The molecule has 2 aromatic carbocycles. The third-order valence-corrected chi connectivity index (χ3v) is 5.40. The van der Waals surface area contributed by atoms with Crippen LogP contribution in [0.15, 0.2) is 54.6 Å². The van der Waals surface area contributed by atoms with Gasteiger partial charge in [-0.2, -0.15) is 0 Å². The highest BCUT2D eigenvalue weighted by atomic mass is 16.5. The molecular weight excluding hydrogens is 342 g/mol. The van der Waals surface area contributed by atoms with Crippen molar-refractivity contribution in [2.45, 2.75) is 25.7 Å². The van der Waals surface area contributed by atoms with Crippen molar-refractivity contribution in [2.75, 3.05) is 11.5 Å². The quantitative estimate of drug-likeness (QED) is 0.601. The Kier molecular flexibility index (Phi) is 4.75. The molecule has 138 valence electrons. The molecule has 0 bridgehead atoms. The number of fused-ring (bicyclic) bond motifs is 1. The molecule has 1 heterocycles. The molecule has 2 amide bonds. The first kappa shape index (κ1) is 17.5. The standard InChI is InChI=1S/C22H21NO4/c24-20(15-6-2-1-3-7-15)14-27-17-12-10-16(11-13-17)23-21(25)18-8-4-5-9-19(18)22(23)26/h1-3,6-7,10-13,18-19H,4-5,8-9,14H2. The Morgan fingerprint density at radius 1 is 0.889 bits per heavy atom. The number of carbonyl (C=O) groups excluding carboxylic acids is 3. The second-order valence-electron chi connectivity index (χ2n) is 7.08. The van der Waals surface area contributed by atoms with E-state index in [2.05, 4.69) is 0 Å². The topological polar surface area (TPSA) is 63.7 Å². The van der Waals surface area contributed by atoms with Crippen molar-refractivity contribution in [3.63, 3.8) is 0 Å². The Balaban J connectivity index is 1.42. The summed E-state index contributed by atoms with van der Waals surface area (Å²) in [6, 6.07) is 15.8. The summed E-state index contributed by atoms with van der Waals surface area (Å²) in [5.41, 5.74) is 1.17. The van der Waals surface area contributed by atoms with E-state index in [4.69, 9.17) is 4.74 Å². The Hall–Kier alpha value is -2.95. The van der Waals surface area contributed by atoms with E-state index in [1.165, 1.54) is 4.90 Å². The van der Waals surface area contributed by atoms with Gasteiger partial charge in [0.15, 0.2) is 12.4 Å². The zero-order valence-corrected chi connectivity index (χ0v) is 15.0. The molecule has 5 nitrogen and oxygen atoms in total. The largest absolute Gasteiger partial charge is 0.485 e. The van der Waals surface area contributed by atoms with Crippen LogP contribution in [-0.4, -0.2) is 24.2 Å². The lowest BCUT2D eigenvalue weighted by Crippen LogP contribution is -2.30. The maximum Gasteiger partial charge on any atom is 0.237 e. The Morgan fingerprint density at radius 2 is 1.48 bits per heavy atom. The number of amides is 2. The number of hydrogen-bond donors (Lipinski definition) is 0. The van der Waals surface area contributed by atoms with Crippen LogP contribution in [0.3, 0.4) is 0 Å². The van der Waals surface area contributed by atoms with Crippen LogP contribution in [-0.2, 0) is 9.59 Å². The van der Waals surface area contributed by atoms with Gasteiger partial charge in [-0.15, -0.1) is 0 Å². The fourth-order valence-corrected chi connectivity index (χ4v) is 3.96. The Morgan fingerprint density at radius 3 is 2.07 bits per heavy atom. The summed E-state index contributed by atoms with van der Waals surface area (Å²) in [6.45, 7) is -0.0604. The number of carbonyl (C=O) groups is 3. The van der Waals surface area contributed by atoms with Crippen LogP contribution in [0.4, 0.5) is 5.69 Å². The molecule has 4 rings (SSSR count). The van der Waals surface area contributed by atoms with Crippen molar-refractivity contribution in [1.29, 1.82) is 0 Å². The Bertz CT molecular complexity index is 836. The Labute approximate surface area is 157 Å². The molecule has 0 radical (unpaired) electrons. The van der Waals surface area contributed by atoms with Crippen LogP contribution in [0.5, 0.6) is 5.75 Å². The van der Waals surface area contributed by atoms with Gasteiger partial charge in [-0.05, 0) is 37.1 Å². The minimum absolute atomic E-state index is 0.0604. The predicted molar refractivity (Wildman–Crippen MR) is 101 cm³/mol. The number of Topliss-reactive ketones (excluding diaryl/α,β-unsaturated/α-hetero) is 1. The lowest BCUT2D eigenvalue weighted by atomic mass is 9.81. The van der Waals surface area contributed by atoms with Crippen molar-refractivity contribution in [3.8, 4) is 5.75 Å². The SMILES string of the molecule is O=C(COc1ccc(N2C(=O)C3CCCCC3C2=O)cc1)c1ccccc1. The van der Waals surface area contributed by atoms with Crippen LogP contribution in [0.25, 0.3) is 0 Å². The van der Waals surface area contributed by atoms with Gasteiger partial charge in [-0.3, -0.25) is 19.3 Å². The van der Waals surface area contributed by atoms with Crippen molar-refractivity contribution in [1.82, 2.24) is 0 Å². The van der Waals surface area contributed by atoms with E-state index < -0.39 is 0 Å². The maximum absolute atomic E-state index is 12.6. The van der Waals surface area contributed by atoms with Gasteiger partial charge >= 0.3 is 0 Å². The number of hydrogen-bond acceptors (Lipinski definition) is 4. The van der Waals surface area contributed by atoms with Gasteiger partial charge in [-0.1, -0.05) is 43.2 Å². The molecule has 0 spiro atoms. The highest BCUT2D eigenvalue weighted by molar-refractivity contribution is 6.22. The second kappa shape index (κ2) is 7.35. The molecule has 1 saturated heterocycles. The summed E-state index contributed by atoms with van der Waals surface area (Å²) < 4.78 is 5.55. The van der Waals surface area contributed by atoms with Crippen molar-refractivity contribution < 1.29 is 19.1 Å². The molecule has 2 fully saturated rings. The zero-order valence-electron chi connectivity index (χ0n) is 15.0. The average molecular weight is 363 g/mol. The maximum atomic E-state index is 12.6. The highest BCUT2D eigenvalue weighted by Crippen LogP contribution is 2.40. The van der Waals surface area contributed by atoms with Gasteiger partial charge in [0.2, 0.25) is 11.8 Å². The van der Waals surface area contributed by atoms with Crippen molar-refractivity contribution in [3.05, 3.63) is 60.2 Å². The highest BCUT2D eigenvalue weighted by Gasteiger charge is 2.48. The number of ether oxygens (including phenoxy) is 1. The molecule has 2 aliphatic rings. The van der Waals surface area contributed by atoms with Crippen LogP contribution < -0.4 is 9.64 Å². The molecule has 27 heavy (non-hydrogen) atoms. The lowest BCUT2D eigenvalue weighted by molar-refractivity contribution is -0.122. The number of nitrogens with zero attached hydrogens (tertiary/aromatic N) is 1. The molecule has 5 heteroatoms.